The van der Waals surface area contributed by atoms with Crippen LogP contribution < -0.4 is 4.90 Å². The number of fused-ring (bicyclic) bond motifs is 4. The number of hydrogen-bond donors (Lipinski definition) is 0. The molecule has 1 aliphatic heterocycles. The molecule has 172 valence electrons. The Kier molecular flexibility index (Phi) is 4.33. The highest BCUT2D eigenvalue weighted by atomic mass is 19.4. The topological polar surface area (TPSA) is 72.1 Å². The molecule has 0 bridgehead atoms. The van der Waals surface area contributed by atoms with E-state index < -0.39 is 17.4 Å². The number of anilines is 2. The van der Waals surface area contributed by atoms with Crippen LogP contribution in [-0.4, -0.2) is 42.3 Å². The zero-order valence-electron chi connectivity index (χ0n) is 18.0. The standard InChI is InChI=1S/C23H17F4N7/c1-13-31-32-21-30-20(19-16(24)10-29-12-18(19)34(13)21)33-8-2-3-15-14(9-28-11-17(15)33)4-5-22(6-7-22)23(25,26)27/h9-12H,2-3,6-8H2,1H3. The smallest absolute Gasteiger partial charge is 0.324 e. The Morgan fingerprint density at radius 1 is 1.06 bits per heavy atom. The molecular formula is C23H17F4N7. The Labute approximate surface area is 190 Å². The van der Waals surface area contributed by atoms with Crippen LogP contribution in [0.4, 0.5) is 29.1 Å². The lowest BCUT2D eigenvalue weighted by Gasteiger charge is -2.31. The molecule has 0 amide bonds. The molecule has 11 heteroatoms. The van der Waals surface area contributed by atoms with E-state index in [4.69, 9.17) is 0 Å². The summed E-state index contributed by atoms with van der Waals surface area (Å²) in [6.45, 7) is 2.26. The summed E-state index contributed by atoms with van der Waals surface area (Å²) in [5.74, 6) is 5.82. The van der Waals surface area contributed by atoms with E-state index in [1.807, 2.05) is 4.90 Å². The van der Waals surface area contributed by atoms with Crippen LogP contribution >= 0.6 is 0 Å². The normalized spacial score (nSPS) is 16.9. The van der Waals surface area contributed by atoms with Gasteiger partial charge >= 0.3 is 6.18 Å². The Morgan fingerprint density at radius 2 is 1.85 bits per heavy atom. The molecule has 0 unspecified atom stereocenters. The van der Waals surface area contributed by atoms with Crippen molar-refractivity contribution in [3.8, 4) is 11.8 Å². The van der Waals surface area contributed by atoms with E-state index in [0.717, 1.165) is 11.8 Å². The van der Waals surface area contributed by atoms with Crippen molar-refractivity contribution in [3.63, 3.8) is 0 Å². The predicted molar refractivity (Wildman–Crippen MR) is 115 cm³/mol. The molecule has 1 fully saturated rings. The zero-order valence-corrected chi connectivity index (χ0v) is 18.0. The second-order valence-electron chi connectivity index (χ2n) is 8.60. The van der Waals surface area contributed by atoms with Crippen molar-refractivity contribution in [3.05, 3.63) is 47.6 Å². The van der Waals surface area contributed by atoms with Crippen molar-refractivity contribution >= 4 is 28.2 Å². The zero-order chi connectivity index (χ0) is 23.7. The van der Waals surface area contributed by atoms with Gasteiger partial charge in [-0.15, -0.1) is 10.2 Å². The van der Waals surface area contributed by atoms with Crippen LogP contribution in [0.1, 0.15) is 36.2 Å². The van der Waals surface area contributed by atoms with E-state index in [2.05, 4.69) is 37.0 Å². The third-order valence-corrected chi connectivity index (χ3v) is 6.48. The Morgan fingerprint density at radius 3 is 2.62 bits per heavy atom. The van der Waals surface area contributed by atoms with Crippen molar-refractivity contribution in [1.82, 2.24) is 29.5 Å². The summed E-state index contributed by atoms with van der Waals surface area (Å²) in [5, 5.41) is 8.40. The number of hydrogen-bond acceptors (Lipinski definition) is 6. The molecule has 0 atom stereocenters. The molecule has 4 aromatic heterocycles. The van der Waals surface area contributed by atoms with Crippen LogP contribution in [0.15, 0.2) is 24.8 Å². The van der Waals surface area contributed by atoms with E-state index in [-0.39, 0.29) is 18.2 Å². The maximum absolute atomic E-state index is 15.1. The van der Waals surface area contributed by atoms with Gasteiger partial charge in [0, 0.05) is 18.3 Å². The molecule has 7 nitrogen and oxygen atoms in total. The molecular weight excluding hydrogens is 450 g/mol. The maximum Gasteiger partial charge on any atom is 0.405 e. The molecule has 34 heavy (non-hydrogen) atoms. The fourth-order valence-electron chi connectivity index (χ4n) is 4.49. The van der Waals surface area contributed by atoms with Gasteiger partial charge in [0.2, 0.25) is 0 Å². The van der Waals surface area contributed by atoms with Gasteiger partial charge in [0.25, 0.3) is 5.78 Å². The third kappa shape index (κ3) is 3.01. The second kappa shape index (κ2) is 7.09. The highest BCUT2D eigenvalue weighted by molar-refractivity contribution is 5.94. The van der Waals surface area contributed by atoms with Crippen molar-refractivity contribution in [2.75, 3.05) is 11.4 Å². The molecule has 0 aromatic carbocycles. The van der Waals surface area contributed by atoms with E-state index in [0.29, 0.717) is 53.6 Å². The SMILES string of the molecule is Cc1nnc2nc(N3CCCc4c(C#CC5(C(F)(F)F)CC5)cncc43)c3c(F)cncc3n12. The van der Waals surface area contributed by atoms with Crippen LogP contribution in [0.25, 0.3) is 16.7 Å². The summed E-state index contributed by atoms with van der Waals surface area (Å²) >= 11 is 0. The summed E-state index contributed by atoms with van der Waals surface area (Å²) < 4.78 is 56.7. The van der Waals surface area contributed by atoms with Crippen molar-refractivity contribution < 1.29 is 17.6 Å². The monoisotopic (exact) mass is 467 g/mol. The molecule has 1 aliphatic carbocycles. The largest absolute Gasteiger partial charge is 0.405 e. The molecule has 0 N–H and O–H groups in total. The van der Waals surface area contributed by atoms with Gasteiger partial charge in [0.1, 0.15) is 17.1 Å². The first-order valence-electron chi connectivity index (χ1n) is 10.8. The summed E-state index contributed by atoms with van der Waals surface area (Å²) in [6, 6.07) is 0. The summed E-state index contributed by atoms with van der Waals surface area (Å²) in [6.07, 6.45) is 2.73. The van der Waals surface area contributed by atoms with Crippen LogP contribution in [0.2, 0.25) is 0 Å². The number of alkyl halides is 3. The minimum absolute atomic E-state index is 0.0130. The van der Waals surface area contributed by atoms with E-state index in [9.17, 15) is 13.2 Å². The first-order valence-corrected chi connectivity index (χ1v) is 10.8. The lowest BCUT2D eigenvalue weighted by Crippen LogP contribution is -2.27. The van der Waals surface area contributed by atoms with Gasteiger partial charge in [0.15, 0.2) is 5.82 Å². The van der Waals surface area contributed by atoms with Crippen molar-refractivity contribution in [2.45, 2.75) is 38.8 Å². The fourth-order valence-corrected chi connectivity index (χ4v) is 4.49. The van der Waals surface area contributed by atoms with E-state index in [1.54, 1.807) is 17.5 Å². The van der Waals surface area contributed by atoms with E-state index in [1.165, 1.54) is 12.4 Å². The minimum atomic E-state index is -4.35. The molecule has 2 aliphatic rings. The molecule has 0 spiro atoms. The van der Waals surface area contributed by atoms with E-state index >= 15 is 4.39 Å². The Balaban J connectivity index is 1.52. The molecule has 5 heterocycles. The van der Waals surface area contributed by atoms with Crippen LogP contribution in [0, 0.1) is 30.0 Å². The number of aryl methyl sites for hydroxylation is 1. The molecule has 1 saturated carbocycles. The van der Waals surface area contributed by atoms with Gasteiger partial charge < -0.3 is 4.90 Å². The summed E-state index contributed by atoms with van der Waals surface area (Å²) in [7, 11) is 0. The number of halogens is 4. The quantitative estimate of drug-likeness (QED) is 0.307. The average Bonchev–Trinajstić information content (AvgIpc) is 3.53. The predicted octanol–water partition coefficient (Wildman–Crippen LogP) is 4.29. The summed E-state index contributed by atoms with van der Waals surface area (Å²) in [4.78, 5) is 14.6. The maximum atomic E-state index is 15.1. The van der Waals surface area contributed by atoms with Gasteiger partial charge in [-0.25, -0.2) is 4.39 Å². The number of nitrogens with zero attached hydrogens (tertiary/aromatic N) is 7. The molecule has 0 saturated heterocycles. The van der Waals surface area contributed by atoms with Crippen LogP contribution in [0.5, 0.6) is 0 Å². The second-order valence-corrected chi connectivity index (χ2v) is 8.60. The Bertz CT molecular complexity index is 1530. The highest BCUT2D eigenvalue weighted by Crippen LogP contribution is 2.57. The van der Waals surface area contributed by atoms with Gasteiger partial charge in [-0.1, -0.05) is 11.8 Å². The lowest BCUT2D eigenvalue weighted by molar-refractivity contribution is -0.168. The summed E-state index contributed by atoms with van der Waals surface area (Å²) in [5.41, 5.74) is 0.409. The van der Waals surface area contributed by atoms with Gasteiger partial charge in [-0.2, -0.15) is 18.2 Å². The molecule has 4 aromatic rings. The van der Waals surface area contributed by atoms with Crippen molar-refractivity contribution in [2.24, 2.45) is 5.41 Å². The fraction of sp³-hybridized carbons (Fsp3) is 0.348. The first-order chi connectivity index (χ1) is 16.3. The van der Waals surface area contributed by atoms with Crippen LogP contribution in [-0.2, 0) is 6.42 Å². The third-order valence-electron chi connectivity index (χ3n) is 6.48. The van der Waals surface area contributed by atoms with Gasteiger partial charge in [-0.3, -0.25) is 14.4 Å². The number of rotatable bonds is 1. The van der Waals surface area contributed by atoms with Crippen LogP contribution in [0.3, 0.4) is 0 Å². The Hall–Kier alpha value is -3.81. The molecule has 6 rings (SSSR count). The minimum Gasteiger partial charge on any atom is -0.324 e. The van der Waals surface area contributed by atoms with Gasteiger partial charge in [-0.05, 0) is 38.2 Å². The number of aromatic nitrogens is 6. The highest BCUT2D eigenvalue weighted by Gasteiger charge is 2.62. The molecule has 0 radical (unpaired) electrons. The number of pyridine rings is 2. The first kappa shape index (κ1) is 20.8. The van der Waals surface area contributed by atoms with Gasteiger partial charge in [0.05, 0.1) is 35.2 Å². The lowest BCUT2D eigenvalue weighted by atomic mass is 9.97. The average molecular weight is 467 g/mol. The van der Waals surface area contributed by atoms with Crippen molar-refractivity contribution in [1.29, 1.82) is 0 Å².